The van der Waals surface area contributed by atoms with E-state index < -0.39 is 28.5 Å². The number of benzene rings is 8. The highest BCUT2D eigenvalue weighted by atomic mass is 16.4. The van der Waals surface area contributed by atoms with E-state index in [2.05, 4.69) is 331 Å². The van der Waals surface area contributed by atoms with Crippen LogP contribution in [0.25, 0.3) is 0 Å². The van der Waals surface area contributed by atoms with Crippen molar-refractivity contribution in [1.82, 2.24) is 36.5 Å². The van der Waals surface area contributed by atoms with Crippen LogP contribution in [0, 0.1) is 44.9 Å². The molecule has 28 nitrogen and oxygen atoms in total. The Bertz CT molecular complexity index is 4610. The molecule has 0 radical (unpaired) electrons. The van der Waals surface area contributed by atoms with Crippen molar-refractivity contribution >= 4 is 28.5 Å². The summed E-state index contributed by atoms with van der Waals surface area (Å²) >= 11 is 0. The van der Waals surface area contributed by atoms with E-state index in [0.717, 1.165) is 76.2 Å². The normalized spacial score (nSPS) is 9.52. The molecule has 0 bridgehead atoms. The monoisotopic (exact) mass is 1660 g/mol. The number of rotatable bonds is 16. The molecule has 0 spiro atoms. The van der Waals surface area contributed by atoms with Crippen molar-refractivity contribution in [3.63, 3.8) is 0 Å². The summed E-state index contributed by atoms with van der Waals surface area (Å²) < 4.78 is 33.7. The molecule has 0 N–H and O–H groups in total. The predicted octanol–water partition coefficient (Wildman–Crippen LogP) is -0.0809. The van der Waals surface area contributed by atoms with Crippen LogP contribution in [0.1, 0.15) is 44.5 Å². The molecule has 8 heterocycles. The van der Waals surface area contributed by atoms with E-state index in [0.29, 0.717) is 0 Å². The van der Waals surface area contributed by atoms with Crippen molar-refractivity contribution < 1.29 is 76.7 Å². The fraction of sp³-hybridized carbons (Fsp3) is 0.174. The van der Waals surface area contributed by atoms with E-state index in [1.807, 2.05) is 191 Å². The SMILES string of the molecule is Cn1cc[n+](Cc2ccccc2)c1.Cn1cc[n+](Cc2ccccc2)c1.Cn1cc[n+](Cc2ccccc2)c1.Cn1cc[n+](Cc2ccccc2)c1.Cn1cc[n+](Cc2ccccc2)c1.Cn1cc[n+](Cc2ccccc2)c1.Cn1cc[n+](Cc2ccccc2)c1.Cn1cc[n+](Cc2ccccc2)c1.N#CB([O-])[O-].N#CB([O-])[O-].N#CB([O-])[O-].N#CB([O-])[O-]. The van der Waals surface area contributed by atoms with Gasteiger partial charge in [0.05, 0.1) is 56.4 Å². The Morgan fingerprint density at radius 1 is 0.194 bits per heavy atom. The maximum absolute atomic E-state index is 8.98. The van der Waals surface area contributed by atoms with Crippen molar-refractivity contribution in [2.45, 2.75) is 52.4 Å². The van der Waals surface area contributed by atoms with Gasteiger partial charge in [-0.15, -0.1) is 0 Å². The van der Waals surface area contributed by atoms with Crippen molar-refractivity contribution in [2.75, 3.05) is 0 Å². The van der Waals surface area contributed by atoms with Crippen molar-refractivity contribution in [1.29, 1.82) is 21.0 Å². The van der Waals surface area contributed by atoms with Gasteiger partial charge < -0.3 is 40.2 Å². The molecule has 0 aliphatic carbocycles. The molecular weight excluding hydrogens is 1560 g/mol. The molecule has 124 heavy (non-hydrogen) atoms. The molecule has 0 unspecified atom stereocenters. The summed E-state index contributed by atoms with van der Waals surface area (Å²) in [6.07, 6.45) is 49.6. The Labute approximate surface area is 728 Å². The Kier molecular flexibility index (Phi) is 47.6. The van der Waals surface area contributed by atoms with Gasteiger partial charge in [0.25, 0.3) is 0 Å². The van der Waals surface area contributed by atoms with Gasteiger partial charge in [0, 0.05) is 28.5 Å². The number of hydrogen-bond donors (Lipinski definition) is 0. The summed E-state index contributed by atoms with van der Waals surface area (Å²) in [7, 11) is 6.99. The van der Waals surface area contributed by atoms with Crippen LogP contribution in [0.3, 0.4) is 0 Å². The Balaban J connectivity index is 0.000000244. The highest BCUT2D eigenvalue weighted by Crippen LogP contribution is 2.04. The second kappa shape index (κ2) is 59.1. The van der Waals surface area contributed by atoms with Crippen LogP contribution < -0.4 is 76.7 Å². The van der Waals surface area contributed by atoms with E-state index in [-0.39, 0.29) is 0 Å². The summed E-state index contributed by atoms with van der Waals surface area (Å²) in [6, 6.07) is 83.6. The smallest absolute Gasteiger partial charge is 0.243 e. The van der Waals surface area contributed by atoms with Gasteiger partial charge in [-0.05, 0) is 68.4 Å². The minimum Gasteiger partial charge on any atom is -0.881 e. The molecule has 0 atom stereocenters. The van der Waals surface area contributed by atoms with Crippen LogP contribution in [0.2, 0.25) is 0 Å². The number of hydrogen-bond acceptors (Lipinski definition) is 12. The highest BCUT2D eigenvalue weighted by molar-refractivity contribution is 6.47. The lowest BCUT2D eigenvalue weighted by molar-refractivity contribution is -0.687. The first-order valence-electron chi connectivity index (χ1n) is 39.1. The van der Waals surface area contributed by atoms with E-state index in [4.69, 9.17) is 61.2 Å². The highest BCUT2D eigenvalue weighted by Gasteiger charge is 2.07. The zero-order valence-electron chi connectivity index (χ0n) is 71.1. The molecule has 632 valence electrons. The van der Waals surface area contributed by atoms with Gasteiger partial charge in [-0.25, -0.2) is 94.1 Å². The van der Waals surface area contributed by atoms with Crippen LogP contribution in [-0.4, -0.2) is 65.0 Å². The van der Waals surface area contributed by atoms with Crippen molar-refractivity contribution in [3.05, 3.63) is 437 Å². The fourth-order valence-electron chi connectivity index (χ4n) is 11.1. The number of nitriles is 4. The van der Waals surface area contributed by atoms with Gasteiger partial charge in [0.2, 0.25) is 50.6 Å². The van der Waals surface area contributed by atoms with Gasteiger partial charge in [-0.1, -0.05) is 243 Å². The molecule has 8 aromatic carbocycles. The first-order valence-corrected chi connectivity index (χ1v) is 39.1. The predicted molar refractivity (Wildman–Crippen MR) is 455 cm³/mol. The lowest BCUT2D eigenvalue weighted by Crippen LogP contribution is -2.43. The second-order valence-corrected chi connectivity index (χ2v) is 27.7. The molecule has 0 fully saturated rings. The van der Waals surface area contributed by atoms with Crippen LogP contribution in [0.5, 0.6) is 0 Å². The third-order valence-electron chi connectivity index (χ3n) is 16.7. The Morgan fingerprint density at radius 3 is 0.347 bits per heavy atom. The zero-order valence-corrected chi connectivity index (χ0v) is 71.1. The molecule has 0 saturated heterocycles. The van der Waals surface area contributed by atoms with Crippen LogP contribution in [0.15, 0.2) is 392 Å². The minimum atomic E-state index is -2.31. The van der Waals surface area contributed by atoms with Gasteiger partial charge in [-0.2, -0.15) is 0 Å². The minimum absolute atomic E-state index is 0.917. The molecule has 32 heteroatoms. The number of nitrogens with zero attached hydrogens (tertiary/aromatic N) is 20. The van der Waals surface area contributed by atoms with Gasteiger partial charge in [-0.3, -0.25) is 0 Å². The average molecular weight is 1660 g/mol. The standard InChI is InChI=1S/8C11H13N2.4CBNO2/c8*1-12-7-8-13(10-12)9-11-5-3-2-4-6-11;4*3-1-2(4)5/h8*2-8,10H,9H2,1H3;;;;/q8*+1;4*-2. The van der Waals surface area contributed by atoms with Gasteiger partial charge in [0.1, 0.15) is 152 Å². The van der Waals surface area contributed by atoms with E-state index in [1.54, 1.807) is 0 Å². The second-order valence-electron chi connectivity index (χ2n) is 27.7. The molecule has 16 rings (SSSR count). The average Bonchev–Trinajstić information content (AvgIpc) is 1.81. The third kappa shape index (κ3) is 46.6. The molecule has 8 aromatic heterocycles. The zero-order chi connectivity index (χ0) is 89.9. The molecule has 0 amide bonds. The van der Waals surface area contributed by atoms with Gasteiger partial charge in [0.15, 0.2) is 0 Å². The summed E-state index contributed by atoms with van der Waals surface area (Å²) in [5.74, 6) is 3.67. The quantitative estimate of drug-likeness (QED) is 0.0906. The van der Waals surface area contributed by atoms with Gasteiger partial charge >= 0.3 is 0 Å². The topological polar surface area (TPSA) is 350 Å². The first-order chi connectivity index (χ1) is 59.8. The summed E-state index contributed by atoms with van der Waals surface area (Å²) in [5, 5.41) is 101. The summed E-state index contributed by atoms with van der Waals surface area (Å²) in [4.78, 5) is 0. The van der Waals surface area contributed by atoms with Crippen molar-refractivity contribution in [3.8, 4) is 23.9 Å². The molecule has 0 aliphatic rings. The maximum atomic E-state index is 8.98. The molecular formula is C92H104B4N20O8. The summed E-state index contributed by atoms with van der Waals surface area (Å²) in [5.41, 5.74) is 10.7. The van der Waals surface area contributed by atoms with E-state index >= 15 is 0 Å². The van der Waals surface area contributed by atoms with E-state index in [9.17, 15) is 0 Å². The lowest BCUT2D eigenvalue weighted by Gasteiger charge is -2.12. The Hall–Kier alpha value is -14.7. The third-order valence-corrected chi connectivity index (χ3v) is 16.7. The van der Waals surface area contributed by atoms with Crippen LogP contribution in [-0.2, 0) is 109 Å². The fourth-order valence-corrected chi connectivity index (χ4v) is 11.1. The largest absolute Gasteiger partial charge is 0.881 e. The summed E-state index contributed by atoms with van der Waals surface area (Å²) in [6.45, 7) is 7.57. The number of imidazole rings is 8. The molecule has 0 aliphatic heterocycles. The molecule has 0 saturated carbocycles. The van der Waals surface area contributed by atoms with Crippen LogP contribution >= 0.6 is 0 Å². The van der Waals surface area contributed by atoms with E-state index in [1.165, 1.54) is 44.5 Å². The van der Waals surface area contributed by atoms with Crippen molar-refractivity contribution in [2.24, 2.45) is 56.4 Å². The number of aryl methyl sites for hydroxylation is 8. The lowest BCUT2D eigenvalue weighted by atomic mass is 9.97. The first kappa shape index (κ1) is 99.9. The number of aromatic nitrogens is 16. The maximum Gasteiger partial charge on any atom is 0.243 e. The Morgan fingerprint density at radius 2 is 0.282 bits per heavy atom. The molecule has 16 aromatic rings. The van der Waals surface area contributed by atoms with Crippen LogP contribution in [0.4, 0.5) is 0 Å².